The minimum Gasteiger partial charge on any atom is -0.454 e. The molecule has 1 aromatic rings. The van der Waals surface area contributed by atoms with Crippen molar-refractivity contribution in [3.63, 3.8) is 0 Å². The molecule has 0 saturated carbocycles. The quantitative estimate of drug-likeness (QED) is 0.780. The molecule has 1 atom stereocenters. The zero-order valence-electron chi connectivity index (χ0n) is 12.3. The number of hydrogen-bond acceptors (Lipinski definition) is 4. The molecule has 1 unspecified atom stereocenters. The van der Waals surface area contributed by atoms with E-state index < -0.39 is 0 Å². The number of rotatable bonds is 5. The van der Waals surface area contributed by atoms with Crippen LogP contribution in [-0.2, 0) is 4.79 Å². The Kier molecular flexibility index (Phi) is 4.58. The van der Waals surface area contributed by atoms with E-state index in [1.54, 1.807) is 0 Å². The number of hydrogen-bond donors (Lipinski definition) is 0. The molecule has 2 aliphatic heterocycles. The molecule has 0 bridgehead atoms. The zero-order chi connectivity index (χ0) is 14.7. The molecule has 0 spiro atoms. The van der Waals surface area contributed by atoms with E-state index in [2.05, 4.69) is 6.92 Å². The van der Waals surface area contributed by atoms with Crippen LogP contribution in [0, 0.1) is 0 Å². The van der Waals surface area contributed by atoms with E-state index in [0.717, 1.165) is 48.6 Å². The van der Waals surface area contributed by atoms with Gasteiger partial charge in [0.1, 0.15) is 5.37 Å². The first kappa shape index (κ1) is 14.6. The van der Waals surface area contributed by atoms with Crippen LogP contribution in [0.4, 0.5) is 0 Å². The summed E-state index contributed by atoms with van der Waals surface area (Å²) in [7, 11) is 0. The van der Waals surface area contributed by atoms with Crippen molar-refractivity contribution < 1.29 is 14.3 Å². The number of amides is 1. The maximum absolute atomic E-state index is 12.4. The minimum atomic E-state index is 0.119. The highest BCUT2D eigenvalue weighted by molar-refractivity contribution is 7.99. The summed E-state index contributed by atoms with van der Waals surface area (Å²) >= 11 is 1.83. The van der Waals surface area contributed by atoms with Crippen molar-refractivity contribution in [2.45, 2.75) is 38.0 Å². The van der Waals surface area contributed by atoms with Gasteiger partial charge < -0.3 is 14.4 Å². The Balaban J connectivity index is 1.70. The Labute approximate surface area is 129 Å². The van der Waals surface area contributed by atoms with Crippen LogP contribution in [0.25, 0.3) is 0 Å². The van der Waals surface area contributed by atoms with Crippen molar-refractivity contribution in [2.75, 3.05) is 19.1 Å². The monoisotopic (exact) mass is 307 g/mol. The second kappa shape index (κ2) is 6.60. The van der Waals surface area contributed by atoms with E-state index in [1.807, 2.05) is 34.9 Å². The predicted molar refractivity (Wildman–Crippen MR) is 83.6 cm³/mol. The highest BCUT2D eigenvalue weighted by atomic mass is 32.2. The molecule has 1 saturated heterocycles. The fraction of sp³-hybridized carbons (Fsp3) is 0.562. The summed E-state index contributed by atoms with van der Waals surface area (Å²) in [4.78, 5) is 14.4. The molecular weight excluding hydrogens is 286 g/mol. The van der Waals surface area contributed by atoms with Crippen LogP contribution in [0.15, 0.2) is 18.2 Å². The maximum atomic E-state index is 12.4. The first-order chi connectivity index (χ1) is 10.3. The summed E-state index contributed by atoms with van der Waals surface area (Å²) in [5.41, 5.74) is 1.13. The molecule has 1 fully saturated rings. The number of thioether (sulfide) groups is 1. The van der Waals surface area contributed by atoms with E-state index in [0.29, 0.717) is 6.42 Å². The number of carbonyl (C=O) groups excluding carboxylic acids is 1. The standard InChI is InChI=1S/C16H21NO3S/c1-2-3-4-5-15(18)17-8-9-21-16(17)12-6-7-13-14(10-12)20-11-19-13/h6-7,10,16H,2-5,8-9,11H2,1H3. The minimum absolute atomic E-state index is 0.119. The van der Waals surface area contributed by atoms with Crippen LogP contribution in [-0.4, -0.2) is 29.9 Å². The number of unbranched alkanes of at least 4 members (excludes halogenated alkanes) is 2. The van der Waals surface area contributed by atoms with Gasteiger partial charge in [-0.3, -0.25) is 4.79 Å². The molecule has 0 radical (unpaired) electrons. The van der Waals surface area contributed by atoms with Gasteiger partial charge in [0.2, 0.25) is 12.7 Å². The maximum Gasteiger partial charge on any atom is 0.231 e. The molecule has 0 N–H and O–H groups in total. The van der Waals surface area contributed by atoms with Crippen molar-refractivity contribution in [1.29, 1.82) is 0 Å². The Bertz CT molecular complexity index is 520. The molecule has 0 aliphatic carbocycles. The zero-order valence-corrected chi connectivity index (χ0v) is 13.2. The van der Waals surface area contributed by atoms with Crippen LogP contribution >= 0.6 is 11.8 Å². The number of nitrogens with zero attached hydrogens (tertiary/aromatic N) is 1. The van der Waals surface area contributed by atoms with Crippen molar-refractivity contribution in [2.24, 2.45) is 0 Å². The Morgan fingerprint density at radius 3 is 3.05 bits per heavy atom. The lowest BCUT2D eigenvalue weighted by atomic mass is 10.1. The average Bonchev–Trinajstić information content (AvgIpc) is 3.15. The summed E-state index contributed by atoms with van der Waals surface area (Å²) in [5.74, 6) is 2.86. The smallest absolute Gasteiger partial charge is 0.231 e. The molecule has 5 heteroatoms. The predicted octanol–water partition coefficient (Wildman–Crippen LogP) is 3.57. The Morgan fingerprint density at radius 2 is 2.19 bits per heavy atom. The fourth-order valence-electron chi connectivity index (χ4n) is 2.74. The molecule has 2 heterocycles. The summed E-state index contributed by atoms with van der Waals surface area (Å²) in [6.45, 7) is 3.29. The Hall–Kier alpha value is -1.36. The van der Waals surface area contributed by atoms with Gasteiger partial charge in [-0.25, -0.2) is 0 Å². The molecular formula is C16H21NO3S. The lowest BCUT2D eigenvalue weighted by Gasteiger charge is -2.24. The van der Waals surface area contributed by atoms with Crippen LogP contribution < -0.4 is 9.47 Å². The summed E-state index contributed by atoms with van der Waals surface area (Å²) in [6.07, 6.45) is 3.93. The average molecular weight is 307 g/mol. The van der Waals surface area contributed by atoms with Crippen LogP contribution in [0.2, 0.25) is 0 Å². The summed E-state index contributed by atoms with van der Waals surface area (Å²) < 4.78 is 10.8. The van der Waals surface area contributed by atoms with Crippen molar-refractivity contribution in [1.82, 2.24) is 4.90 Å². The lowest BCUT2D eigenvalue weighted by Crippen LogP contribution is -2.30. The molecule has 4 nitrogen and oxygen atoms in total. The molecule has 1 aromatic carbocycles. The van der Waals surface area contributed by atoms with E-state index in [-0.39, 0.29) is 18.1 Å². The van der Waals surface area contributed by atoms with Gasteiger partial charge in [0.05, 0.1) is 0 Å². The molecule has 114 valence electrons. The van der Waals surface area contributed by atoms with Crippen molar-refractivity contribution >= 4 is 17.7 Å². The summed E-state index contributed by atoms with van der Waals surface area (Å²) in [6, 6.07) is 6.00. The van der Waals surface area contributed by atoms with E-state index in [1.165, 1.54) is 0 Å². The molecule has 1 amide bonds. The molecule has 0 aromatic heterocycles. The van der Waals surface area contributed by atoms with E-state index >= 15 is 0 Å². The normalized spacial score (nSPS) is 20.0. The largest absolute Gasteiger partial charge is 0.454 e. The van der Waals surface area contributed by atoms with Gasteiger partial charge in [-0.1, -0.05) is 25.8 Å². The van der Waals surface area contributed by atoms with Crippen LogP contribution in [0.3, 0.4) is 0 Å². The van der Waals surface area contributed by atoms with Crippen LogP contribution in [0.1, 0.15) is 43.5 Å². The second-order valence-corrected chi connectivity index (χ2v) is 6.57. The van der Waals surface area contributed by atoms with Gasteiger partial charge in [0, 0.05) is 18.7 Å². The molecule has 3 rings (SSSR count). The second-order valence-electron chi connectivity index (χ2n) is 5.38. The first-order valence-corrected chi connectivity index (χ1v) is 8.65. The van der Waals surface area contributed by atoms with Gasteiger partial charge in [-0.15, -0.1) is 11.8 Å². The number of carbonyl (C=O) groups is 1. The fourth-order valence-corrected chi connectivity index (χ4v) is 4.01. The van der Waals surface area contributed by atoms with Gasteiger partial charge in [-0.2, -0.15) is 0 Å². The van der Waals surface area contributed by atoms with Gasteiger partial charge in [0.25, 0.3) is 0 Å². The van der Waals surface area contributed by atoms with Gasteiger partial charge in [0.15, 0.2) is 11.5 Å². The third kappa shape index (κ3) is 3.12. The first-order valence-electron chi connectivity index (χ1n) is 7.60. The number of ether oxygens (including phenoxy) is 2. The lowest BCUT2D eigenvalue weighted by molar-refractivity contribution is -0.131. The Morgan fingerprint density at radius 1 is 1.33 bits per heavy atom. The van der Waals surface area contributed by atoms with E-state index in [4.69, 9.17) is 9.47 Å². The SMILES string of the molecule is CCCCCC(=O)N1CCSC1c1ccc2c(c1)OCO2. The molecule has 2 aliphatic rings. The summed E-state index contributed by atoms with van der Waals surface area (Å²) in [5, 5.41) is 0.119. The highest BCUT2D eigenvalue weighted by Crippen LogP contribution is 2.42. The number of benzene rings is 1. The van der Waals surface area contributed by atoms with Crippen molar-refractivity contribution in [3.8, 4) is 11.5 Å². The van der Waals surface area contributed by atoms with Crippen molar-refractivity contribution in [3.05, 3.63) is 23.8 Å². The third-order valence-electron chi connectivity index (χ3n) is 3.89. The van der Waals surface area contributed by atoms with Gasteiger partial charge >= 0.3 is 0 Å². The van der Waals surface area contributed by atoms with Crippen LogP contribution in [0.5, 0.6) is 11.5 Å². The molecule has 21 heavy (non-hydrogen) atoms. The highest BCUT2D eigenvalue weighted by Gasteiger charge is 2.31. The van der Waals surface area contributed by atoms with Gasteiger partial charge in [-0.05, 0) is 24.1 Å². The topological polar surface area (TPSA) is 38.8 Å². The number of fused-ring (bicyclic) bond motifs is 1. The van der Waals surface area contributed by atoms with E-state index in [9.17, 15) is 4.79 Å². The third-order valence-corrected chi connectivity index (χ3v) is 5.15.